The number of nitrogens with zero attached hydrogens (tertiary/aromatic N) is 2. The SMILES string of the molecule is Clc1nc2ccccc2c2ncccc12. The Kier molecular flexibility index (Phi) is 1.82. The van der Waals surface area contributed by atoms with Crippen LogP contribution in [0.15, 0.2) is 42.6 Å². The van der Waals surface area contributed by atoms with E-state index >= 15 is 0 Å². The molecule has 0 aliphatic rings. The molecule has 0 fully saturated rings. The molecular formula is C12H7ClN2. The number of hydrogen-bond acceptors (Lipinski definition) is 2. The minimum atomic E-state index is 0.511. The first-order chi connectivity index (χ1) is 7.36. The van der Waals surface area contributed by atoms with Crippen LogP contribution in [0.1, 0.15) is 0 Å². The normalized spacial score (nSPS) is 11.0. The average Bonchev–Trinajstić information content (AvgIpc) is 2.30. The van der Waals surface area contributed by atoms with E-state index in [4.69, 9.17) is 11.6 Å². The molecule has 2 aromatic heterocycles. The Morgan fingerprint density at radius 3 is 2.67 bits per heavy atom. The van der Waals surface area contributed by atoms with Gasteiger partial charge in [-0.3, -0.25) is 4.98 Å². The maximum Gasteiger partial charge on any atom is 0.139 e. The van der Waals surface area contributed by atoms with Gasteiger partial charge >= 0.3 is 0 Å². The summed E-state index contributed by atoms with van der Waals surface area (Å²) in [4.78, 5) is 8.67. The molecule has 0 unspecified atom stereocenters. The fourth-order valence-electron chi connectivity index (χ4n) is 1.72. The summed E-state index contributed by atoms with van der Waals surface area (Å²) in [6.45, 7) is 0. The van der Waals surface area contributed by atoms with E-state index in [-0.39, 0.29) is 0 Å². The number of pyridine rings is 2. The highest BCUT2D eigenvalue weighted by atomic mass is 35.5. The van der Waals surface area contributed by atoms with Gasteiger partial charge in [-0.2, -0.15) is 0 Å². The third kappa shape index (κ3) is 1.26. The average molecular weight is 215 g/mol. The highest BCUT2D eigenvalue weighted by molar-refractivity contribution is 6.35. The molecule has 0 aliphatic carbocycles. The van der Waals surface area contributed by atoms with E-state index in [2.05, 4.69) is 9.97 Å². The van der Waals surface area contributed by atoms with Gasteiger partial charge in [-0.15, -0.1) is 0 Å². The molecule has 3 heteroatoms. The molecule has 0 aliphatic heterocycles. The van der Waals surface area contributed by atoms with Crippen molar-refractivity contribution >= 4 is 33.4 Å². The summed E-state index contributed by atoms with van der Waals surface area (Å²) in [5.74, 6) is 0. The Balaban J connectivity index is 2.64. The summed E-state index contributed by atoms with van der Waals surface area (Å²) in [6.07, 6.45) is 1.77. The summed E-state index contributed by atoms with van der Waals surface area (Å²) < 4.78 is 0. The molecule has 15 heavy (non-hydrogen) atoms. The predicted molar refractivity (Wildman–Crippen MR) is 62.1 cm³/mol. The number of hydrogen-bond donors (Lipinski definition) is 0. The summed E-state index contributed by atoms with van der Waals surface area (Å²) in [5.41, 5.74) is 1.79. The molecule has 0 N–H and O–H groups in total. The molecule has 1 aromatic carbocycles. The molecule has 2 nitrogen and oxygen atoms in total. The second-order valence-corrected chi connectivity index (χ2v) is 3.68. The van der Waals surface area contributed by atoms with E-state index in [1.807, 2.05) is 36.4 Å². The van der Waals surface area contributed by atoms with Gasteiger partial charge < -0.3 is 0 Å². The largest absolute Gasteiger partial charge is 0.255 e. The van der Waals surface area contributed by atoms with Crippen molar-refractivity contribution in [1.82, 2.24) is 9.97 Å². The van der Waals surface area contributed by atoms with Crippen LogP contribution < -0.4 is 0 Å². The lowest BCUT2D eigenvalue weighted by molar-refractivity contribution is 1.38. The monoisotopic (exact) mass is 214 g/mol. The summed E-state index contributed by atoms with van der Waals surface area (Å²) in [6, 6.07) is 11.7. The van der Waals surface area contributed by atoms with Crippen molar-refractivity contribution in [1.29, 1.82) is 0 Å². The maximum absolute atomic E-state index is 6.08. The molecule has 0 atom stereocenters. The van der Waals surface area contributed by atoms with Crippen molar-refractivity contribution < 1.29 is 0 Å². The first-order valence-corrected chi connectivity index (χ1v) is 5.03. The molecule has 72 valence electrons. The van der Waals surface area contributed by atoms with Gasteiger partial charge in [0.25, 0.3) is 0 Å². The first kappa shape index (κ1) is 8.62. The molecule has 3 aromatic rings. The van der Waals surface area contributed by atoms with Crippen molar-refractivity contribution in [2.75, 3.05) is 0 Å². The fourth-order valence-corrected chi connectivity index (χ4v) is 1.97. The number of para-hydroxylation sites is 1. The van der Waals surface area contributed by atoms with Gasteiger partial charge in [-0.1, -0.05) is 29.8 Å². The summed E-state index contributed by atoms with van der Waals surface area (Å²) in [7, 11) is 0. The van der Waals surface area contributed by atoms with E-state index in [0.29, 0.717) is 5.15 Å². The number of aromatic nitrogens is 2. The third-order valence-electron chi connectivity index (χ3n) is 2.41. The van der Waals surface area contributed by atoms with Gasteiger partial charge in [-0.25, -0.2) is 4.98 Å². The van der Waals surface area contributed by atoms with E-state index < -0.39 is 0 Å². The van der Waals surface area contributed by atoms with E-state index in [9.17, 15) is 0 Å². The van der Waals surface area contributed by atoms with Crippen LogP contribution in [-0.2, 0) is 0 Å². The highest BCUT2D eigenvalue weighted by Gasteiger charge is 2.05. The Labute approximate surface area is 91.5 Å². The van der Waals surface area contributed by atoms with Crippen molar-refractivity contribution in [3.63, 3.8) is 0 Å². The second kappa shape index (κ2) is 3.17. The number of fused-ring (bicyclic) bond motifs is 3. The van der Waals surface area contributed by atoms with Crippen LogP contribution >= 0.6 is 11.6 Å². The lowest BCUT2D eigenvalue weighted by Gasteiger charge is -2.03. The molecule has 0 radical (unpaired) electrons. The van der Waals surface area contributed by atoms with Crippen molar-refractivity contribution in [3.8, 4) is 0 Å². The van der Waals surface area contributed by atoms with Gasteiger partial charge in [0, 0.05) is 17.0 Å². The molecule has 3 rings (SSSR count). The van der Waals surface area contributed by atoms with Gasteiger partial charge in [0.2, 0.25) is 0 Å². The summed E-state index contributed by atoms with van der Waals surface area (Å²) >= 11 is 6.08. The van der Waals surface area contributed by atoms with Crippen LogP contribution in [0, 0.1) is 0 Å². The highest BCUT2D eigenvalue weighted by Crippen LogP contribution is 2.26. The maximum atomic E-state index is 6.08. The lowest BCUT2D eigenvalue weighted by Crippen LogP contribution is -1.86. The predicted octanol–water partition coefficient (Wildman–Crippen LogP) is 3.44. The van der Waals surface area contributed by atoms with Crippen LogP contribution in [0.25, 0.3) is 21.8 Å². The van der Waals surface area contributed by atoms with E-state index in [0.717, 1.165) is 21.8 Å². The number of halogens is 1. The number of benzene rings is 1. The Morgan fingerprint density at radius 1 is 0.933 bits per heavy atom. The molecule has 0 saturated heterocycles. The Hall–Kier alpha value is -1.67. The van der Waals surface area contributed by atoms with E-state index in [1.54, 1.807) is 6.20 Å². The molecular weight excluding hydrogens is 208 g/mol. The minimum absolute atomic E-state index is 0.511. The zero-order valence-corrected chi connectivity index (χ0v) is 8.57. The summed E-state index contributed by atoms with van der Waals surface area (Å²) in [5, 5.41) is 2.45. The quantitative estimate of drug-likeness (QED) is 0.423. The Bertz CT molecular complexity index is 649. The van der Waals surface area contributed by atoms with E-state index in [1.165, 1.54) is 0 Å². The third-order valence-corrected chi connectivity index (χ3v) is 2.70. The molecule has 2 heterocycles. The van der Waals surface area contributed by atoms with Crippen molar-refractivity contribution in [2.24, 2.45) is 0 Å². The minimum Gasteiger partial charge on any atom is -0.255 e. The zero-order chi connectivity index (χ0) is 10.3. The zero-order valence-electron chi connectivity index (χ0n) is 7.81. The van der Waals surface area contributed by atoms with Crippen LogP contribution in [-0.4, -0.2) is 9.97 Å². The molecule has 0 spiro atoms. The molecule has 0 amide bonds. The van der Waals surface area contributed by atoms with Crippen LogP contribution in [0.5, 0.6) is 0 Å². The second-order valence-electron chi connectivity index (χ2n) is 3.32. The lowest BCUT2D eigenvalue weighted by atomic mass is 10.1. The standard InChI is InChI=1S/C12H7ClN2/c13-12-9-5-3-7-14-11(9)8-4-1-2-6-10(8)15-12/h1-7H. The fraction of sp³-hybridized carbons (Fsp3) is 0. The van der Waals surface area contributed by atoms with Gasteiger partial charge in [-0.05, 0) is 18.2 Å². The first-order valence-electron chi connectivity index (χ1n) is 4.65. The smallest absolute Gasteiger partial charge is 0.139 e. The van der Waals surface area contributed by atoms with Gasteiger partial charge in [0.15, 0.2) is 0 Å². The van der Waals surface area contributed by atoms with Crippen molar-refractivity contribution in [2.45, 2.75) is 0 Å². The topological polar surface area (TPSA) is 25.8 Å². The van der Waals surface area contributed by atoms with Gasteiger partial charge in [0.05, 0.1) is 11.0 Å². The number of rotatable bonds is 0. The molecule has 0 bridgehead atoms. The van der Waals surface area contributed by atoms with Crippen LogP contribution in [0.3, 0.4) is 0 Å². The van der Waals surface area contributed by atoms with Gasteiger partial charge in [0.1, 0.15) is 5.15 Å². The van der Waals surface area contributed by atoms with Crippen LogP contribution in [0.4, 0.5) is 0 Å². The van der Waals surface area contributed by atoms with Crippen molar-refractivity contribution in [3.05, 3.63) is 47.7 Å². The molecule has 0 saturated carbocycles. The van der Waals surface area contributed by atoms with Crippen LogP contribution in [0.2, 0.25) is 5.15 Å². The Morgan fingerprint density at radius 2 is 1.73 bits per heavy atom.